The number of rotatable bonds is 3. The summed E-state index contributed by atoms with van der Waals surface area (Å²) in [6, 6.07) is 5.01. The molecule has 2 aromatic rings. The lowest BCUT2D eigenvalue weighted by molar-refractivity contribution is -0.307. The van der Waals surface area contributed by atoms with E-state index < -0.39 is 12.6 Å². The van der Waals surface area contributed by atoms with Gasteiger partial charge >= 0.3 is 5.63 Å². The Balaban J connectivity index is 2.07. The lowest BCUT2D eigenvalue weighted by Gasteiger charge is -2.08. The molecule has 0 amide bonds. The van der Waals surface area contributed by atoms with Gasteiger partial charge < -0.3 is 19.1 Å². The topological polar surface area (TPSA) is 79.6 Å². The Morgan fingerprint density at radius 2 is 2.11 bits per heavy atom. The molecule has 0 saturated heterocycles. The molecule has 0 atom stereocenters. The number of carboxylic acid groups (broad SMARTS) is 1. The predicted octanol–water partition coefficient (Wildman–Crippen LogP) is 0.410. The van der Waals surface area contributed by atoms with Crippen molar-refractivity contribution in [2.45, 2.75) is 19.3 Å². The van der Waals surface area contributed by atoms with E-state index in [0.29, 0.717) is 11.3 Å². The van der Waals surface area contributed by atoms with Gasteiger partial charge in [0.2, 0.25) is 0 Å². The summed E-state index contributed by atoms with van der Waals surface area (Å²) in [6.45, 7) is -0.527. The van der Waals surface area contributed by atoms with Crippen molar-refractivity contribution in [1.29, 1.82) is 0 Å². The van der Waals surface area contributed by atoms with Gasteiger partial charge in [-0.3, -0.25) is 0 Å². The Morgan fingerprint density at radius 3 is 2.89 bits per heavy atom. The van der Waals surface area contributed by atoms with E-state index >= 15 is 0 Å². The van der Waals surface area contributed by atoms with Gasteiger partial charge in [0, 0.05) is 17.0 Å². The maximum Gasteiger partial charge on any atom is 0.339 e. The zero-order valence-electron chi connectivity index (χ0n) is 10.1. The number of aryl methyl sites for hydroxylation is 1. The number of hydrogen-bond acceptors (Lipinski definition) is 5. The quantitative estimate of drug-likeness (QED) is 0.746. The van der Waals surface area contributed by atoms with Crippen LogP contribution in [0.3, 0.4) is 0 Å². The van der Waals surface area contributed by atoms with E-state index in [4.69, 9.17) is 9.15 Å². The highest BCUT2D eigenvalue weighted by Gasteiger charge is 2.19. The number of carboxylic acids is 1. The van der Waals surface area contributed by atoms with Crippen LogP contribution in [0, 0.1) is 0 Å². The van der Waals surface area contributed by atoms with Crippen LogP contribution in [0.4, 0.5) is 0 Å². The molecule has 1 aliphatic carbocycles. The van der Waals surface area contributed by atoms with Gasteiger partial charge in [-0.05, 0) is 37.0 Å². The Hall–Kier alpha value is -2.30. The number of ether oxygens (including phenoxy) is 1. The van der Waals surface area contributed by atoms with Crippen molar-refractivity contribution < 1.29 is 19.1 Å². The highest BCUT2D eigenvalue weighted by Crippen LogP contribution is 2.29. The molecule has 1 aromatic heterocycles. The molecule has 0 unspecified atom stereocenters. The van der Waals surface area contributed by atoms with Crippen LogP contribution in [0.5, 0.6) is 5.75 Å². The van der Waals surface area contributed by atoms with Gasteiger partial charge in [-0.25, -0.2) is 4.79 Å². The molecule has 1 heterocycles. The SMILES string of the molecule is O=C([O-])COc1ccc2c3c(c(=O)oc2c1)CCC3. The Bertz CT molecular complexity index is 714. The van der Waals surface area contributed by atoms with Crippen molar-refractivity contribution in [3.8, 4) is 5.75 Å². The summed E-state index contributed by atoms with van der Waals surface area (Å²) in [7, 11) is 0. The van der Waals surface area contributed by atoms with Crippen LogP contribution in [0.1, 0.15) is 17.5 Å². The average Bonchev–Trinajstić information content (AvgIpc) is 2.86. The maximum atomic E-state index is 11.8. The van der Waals surface area contributed by atoms with Gasteiger partial charge in [-0.15, -0.1) is 0 Å². The molecular weight excluding hydrogens is 248 g/mol. The zero-order chi connectivity index (χ0) is 13.4. The fraction of sp³-hybridized carbons (Fsp3) is 0.286. The van der Waals surface area contributed by atoms with Gasteiger partial charge in [0.1, 0.15) is 17.9 Å². The first-order valence-corrected chi connectivity index (χ1v) is 6.06. The van der Waals surface area contributed by atoms with Crippen molar-refractivity contribution >= 4 is 16.9 Å². The first kappa shape index (κ1) is 11.8. The number of carbonyl (C=O) groups is 1. The van der Waals surface area contributed by atoms with Crippen LogP contribution in [0.15, 0.2) is 27.4 Å². The summed E-state index contributed by atoms with van der Waals surface area (Å²) in [5.41, 5.74) is 1.92. The summed E-state index contributed by atoms with van der Waals surface area (Å²) in [4.78, 5) is 22.1. The van der Waals surface area contributed by atoms with Crippen LogP contribution >= 0.6 is 0 Å². The van der Waals surface area contributed by atoms with E-state index in [2.05, 4.69) is 0 Å². The van der Waals surface area contributed by atoms with Crippen LogP contribution in [-0.4, -0.2) is 12.6 Å². The molecule has 5 nitrogen and oxygen atoms in total. The Morgan fingerprint density at radius 1 is 1.32 bits per heavy atom. The summed E-state index contributed by atoms with van der Waals surface area (Å²) < 4.78 is 10.3. The second-order valence-corrected chi connectivity index (χ2v) is 4.52. The molecule has 19 heavy (non-hydrogen) atoms. The molecule has 0 bridgehead atoms. The minimum Gasteiger partial charge on any atom is -0.546 e. The summed E-state index contributed by atoms with van der Waals surface area (Å²) >= 11 is 0. The van der Waals surface area contributed by atoms with Crippen LogP contribution in [-0.2, 0) is 17.6 Å². The molecule has 3 rings (SSSR count). The second kappa shape index (κ2) is 4.42. The molecule has 0 fully saturated rings. The van der Waals surface area contributed by atoms with Crippen LogP contribution < -0.4 is 15.5 Å². The van der Waals surface area contributed by atoms with E-state index in [1.54, 1.807) is 12.1 Å². The fourth-order valence-electron chi connectivity index (χ4n) is 2.50. The molecule has 1 aliphatic rings. The van der Waals surface area contributed by atoms with Gasteiger partial charge in [0.05, 0.1) is 5.97 Å². The van der Waals surface area contributed by atoms with E-state index in [1.807, 2.05) is 0 Å². The third-order valence-corrected chi connectivity index (χ3v) is 3.30. The van der Waals surface area contributed by atoms with Gasteiger partial charge in [-0.2, -0.15) is 0 Å². The van der Waals surface area contributed by atoms with E-state index in [9.17, 15) is 14.7 Å². The summed E-state index contributed by atoms with van der Waals surface area (Å²) in [5, 5.41) is 11.2. The second-order valence-electron chi connectivity index (χ2n) is 4.52. The zero-order valence-corrected chi connectivity index (χ0v) is 10.1. The minimum atomic E-state index is -1.30. The maximum absolute atomic E-state index is 11.8. The molecule has 0 N–H and O–H groups in total. The van der Waals surface area contributed by atoms with Crippen LogP contribution in [0.2, 0.25) is 0 Å². The normalized spacial score (nSPS) is 13.5. The summed E-state index contributed by atoms with van der Waals surface area (Å²) in [5.74, 6) is -0.951. The first-order chi connectivity index (χ1) is 9.15. The molecule has 0 aliphatic heterocycles. The van der Waals surface area contributed by atoms with Gasteiger partial charge in [0.15, 0.2) is 0 Å². The third kappa shape index (κ3) is 2.07. The number of aliphatic carboxylic acids is 1. The monoisotopic (exact) mass is 259 g/mol. The minimum absolute atomic E-state index is 0.308. The van der Waals surface area contributed by atoms with Gasteiger partial charge in [-0.1, -0.05) is 0 Å². The molecule has 5 heteroatoms. The van der Waals surface area contributed by atoms with Crippen molar-refractivity contribution in [2.24, 2.45) is 0 Å². The largest absolute Gasteiger partial charge is 0.546 e. The number of carbonyl (C=O) groups excluding carboxylic acids is 1. The highest BCUT2D eigenvalue weighted by atomic mass is 16.5. The Labute approximate surface area is 108 Å². The fourth-order valence-corrected chi connectivity index (χ4v) is 2.50. The highest BCUT2D eigenvalue weighted by molar-refractivity contribution is 5.83. The molecular formula is C14H11O5-. The lowest BCUT2D eigenvalue weighted by atomic mass is 10.1. The molecule has 0 radical (unpaired) electrons. The molecule has 0 saturated carbocycles. The van der Waals surface area contributed by atoms with E-state index in [-0.39, 0.29) is 5.63 Å². The van der Waals surface area contributed by atoms with E-state index in [1.165, 1.54) is 6.07 Å². The van der Waals surface area contributed by atoms with E-state index in [0.717, 1.165) is 35.8 Å². The standard InChI is InChI=1S/C14H12O5/c15-13(16)7-18-8-4-5-10-9-2-1-3-11(9)14(17)19-12(10)6-8/h4-6H,1-3,7H2,(H,15,16)/p-1. The van der Waals surface area contributed by atoms with Crippen molar-refractivity contribution in [3.05, 3.63) is 39.7 Å². The molecule has 0 spiro atoms. The smallest absolute Gasteiger partial charge is 0.339 e. The number of hydrogen-bond donors (Lipinski definition) is 0. The third-order valence-electron chi connectivity index (χ3n) is 3.30. The molecule has 98 valence electrons. The lowest BCUT2D eigenvalue weighted by Crippen LogP contribution is -2.28. The van der Waals surface area contributed by atoms with Crippen molar-refractivity contribution in [1.82, 2.24) is 0 Å². The summed E-state index contributed by atoms with van der Waals surface area (Å²) in [6.07, 6.45) is 2.59. The van der Waals surface area contributed by atoms with Crippen molar-refractivity contribution in [3.63, 3.8) is 0 Å². The predicted molar refractivity (Wildman–Crippen MR) is 65.0 cm³/mol. The molecule has 1 aromatic carbocycles. The van der Waals surface area contributed by atoms with Crippen LogP contribution in [0.25, 0.3) is 11.0 Å². The number of fused-ring (bicyclic) bond motifs is 3. The number of benzene rings is 1. The average molecular weight is 259 g/mol. The Kier molecular flexibility index (Phi) is 2.74. The van der Waals surface area contributed by atoms with Gasteiger partial charge in [0.25, 0.3) is 0 Å². The first-order valence-electron chi connectivity index (χ1n) is 6.06. The van der Waals surface area contributed by atoms with Crippen molar-refractivity contribution in [2.75, 3.05) is 6.61 Å².